The third-order valence-corrected chi connectivity index (χ3v) is 7.76. The summed E-state index contributed by atoms with van der Waals surface area (Å²) in [6, 6.07) is 12.2. The van der Waals surface area contributed by atoms with Gasteiger partial charge in [0.05, 0.1) is 18.6 Å². The maximum absolute atomic E-state index is 13.7. The lowest BCUT2D eigenvalue weighted by Crippen LogP contribution is -2.56. The molecule has 0 saturated heterocycles. The Labute approximate surface area is 214 Å². The van der Waals surface area contributed by atoms with E-state index in [1.165, 1.54) is 0 Å². The number of para-hydroxylation sites is 1. The van der Waals surface area contributed by atoms with Crippen molar-refractivity contribution in [2.45, 2.75) is 50.0 Å². The Morgan fingerprint density at radius 2 is 1.86 bits per heavy atom. The predicted octanol–water partition coefficient (Wildman–Crippen LogP) is 1.87. The quantitative estimate of drug-likeness (QED) is 0.525. The van der Waals surface area contributed by atoms with Gasteiger partial charge in [-0.3, -0.25) is 9.59 Å². The molecule has 194 valence electrons. The van der Waals surface area contributed by atoms with Crippen molar-refractivity contribution in [3.63, 3.8) is 0 Å². The number of amides is 2. The normalized spacial score (nSPS) is 25.3. The van der Waals surface area contributed by atoms with Gasteiger partial charge in [0.15, 0.2) is 11.5 Å². The van der Waals surface area contributed by atoms with E-state index in [0.717, 1.165) is 30.4 Å². The summed E-state index contributed by atoms with van der Waals surface area (Å²) in [4.78, 5) is 28.7. The molecule has 4 aliphatic rings. The van der Waals surface area contributed by atoms with Crippen LogP contribution in [-0.2, 0) is 16.1 Å². The van der Waals surface area contributed by atoms with Gasteiger partial charge in [-0.15, -0.1) is 0 Å². The monoisotopic (exact) mass is 506 g/mol. The second-order valence-corrected chi connectivity index (χ2v) is 9.96. The van der Waals surface area contributed by atoms with Crippen molar-refractivity contribution < 1.29 is 34.0 Å². The van der Waals surface area contributed by atoms with Gasteiger partial charge in [0.1, 0.15) is 18.0 Å². The minimum Gasteiger partial charge on any atom is -0.486 e. The molecule has 0 aromatic heterocycles. The van der Waals surface area contributed by atoms with E-state index in [0.29, 0.717) is 22.8 Å². The van der Waals surface area contributed by atoms with Crippen LogP contribution in [0.4, 0.5) is 0 Å². The molecular weight excluding hydrogens is 476 g/mol. The molecule has 2 aromatic rings. The molecule has 9 nitrogen and oxygen atoms in total. The van der Waals surface area contributed by atoms with Crippen molar-refractivity contribution in [1.82, 2.24) is 10.2 Å². The zero-order valence-electron chi connectivity index (χ0n) is 20.3. The summed E-state index contributed by atoms with van der Waals surface area (Å²) >= 11 is 0. The number of carbonyl (C=O) groups excluding carboxylic acids is 2. The van der Waals surface area contributed by atoms with E-state index in [1.54, 1.807) is 11.0 Å². The van der Waals surface area contributed by atoms with E-state index in [9.17, 15) is 19.8 Å². The third kappa shape index (κ3) is 4.22. The van der Waals surface area contributed by atoms with E-state index < -0.39 is 24.2 Å². The van der Waals surface area contributed by atoms with Crippen molar-refractivity contribution in [2.24, 2.45) is 5.92 Å². The van der Waals surface area contributed by atoms with Crippen molar-refractivity contribution >= 4 is 11.8 Å². The lowest BCUT2D eigenvalue weighted by Gasteiger charge is -2.42. The first-order valence-electron chi connectivity index (χ1n) is 12.8. The van der Waals surface area contributed by atoms with Crippen LogP contribution < -0.4 is 19.5 Å². The summed E-state index contributed by atoms with van der Waals surface area (Å²) < 4.78 is 17.1. The van der Waals surface area contributed by atoms with E-state index in [4.69, 9.17) is 14.2 Å². The number of ether oxygens (including phenoxy) is 3. The van der Waals surface area contributed by atoms with Crippen molar-refractivity contribution in [3.8, 4) is 17.2 Å². The summed E-state index contributed by atoms with van der Waals surface area (Å²) in [6.45, 7) is 0.300. The second kappa shape index (κ2) is 9.72. The topological polar surface area (TPSA) is 118 Å². The van der Waals surface area contributed by atoms with Crippen LogP contribution in [0.25, 0.3) is 0 Å². The van der Waals surface area contributed by atoms with Crippen LogP contribution in [-0.4, -0.2) is 65.1 Å². The van der Waals surface area contributed by atoms with Crippen LogP contribution in [0.5, 0.6) is 17.2 Å². The number of aliphatic hydroxyl groups is 2. The number of carbonyl (C=O) groups is 2. The van der Waals surface area contributed by atoms with E-state index >= 15 is 0 Å². The first-order chi connectivity index (χ1) is 18.0. The third-order valence-electron chi connectivity index (χ3n) is 7.76. The van der Waals surface area contributed by atoms with Gasteiger partial charge in [0.25, 0.3) is 0 Å². The van der Waals surface area contributed by atoms with E-state index in [2.05, 4.69) is 5.32 Å². The number of hydrogen-bond acceptors (Lipinski definition) is 7. The molecule has 0 radical (unpaired) electrons. The van der Waals surface area contributed by atoms with Gasteiger partial charge < -0.3 is 34.6 Å². The molecular formula is C28H30N2O7. The lowest BCUT2D eigenvalue weighted by molar-refractivity contribution is -0.144. The molecule has 1 saturated carbocycles. The molecule has 2 amide bonds. The summed E-state index contributed by atoms with van der Waals surface area (Å²) in [5.41, 5.74) is 2.08. The molecule has 2 aliphatic carbocycles. The molecule has 37 heavy (non-hydrogen) atoms. The Morgan fingerprint density at radius 3 is 2.65 bits per heavy atom. The van der Waals surface area contributed by atoms with Gasteiger partial charge in [-0.25, -0.2) is 0 Å². The van der Waals surface area contributed by atoms with Crippen LogP contribution in [0.1, 0.15) is 36.3 Å². The molecule has 2 heterocycles. The first-order valence-corrected chi connectivity index (χ1v) is 12.8. The highest BCUT2D eigenvalue weighted by Gasteiger charge is 2.51. The molecule has 2 aromatic carbocycles. The largest absolute Gasteiger partial charge is 0.486 e. The smallest absolute Gasteiger partial charge is 0.247 e. The standard InChI is InChI=1S/C28H30N2O7/c31-11-10-29-27(33)19-13-20(25(32)26-24(19)18-6-1-2-7-21(18)37-26)30(28(34)17-4-3-5-17)14-16-8-9-22-23(12-16)36-15-35-22/h1-2,6-9,12-13,17,20,24-26,31-32H,3-5,10-11,14-15H2,(H,29,33)/t20-,24+,25+,26+/m1/s1. The van der Waals surface area contributed by atoms with E-state index in [-0.39, 0.29) is 44.2 Å². The highest BCUT2D eigenvalue weighted by atomic mass is 16.7. The zero-order valence-corrected chi connectivity index (χ0v) is 20.3. The van der Waals surface area contributed by atoms with Gasteiger partial charge in [0, 0.05) is 30.1 Å². The fraction of sp³-hybridized carbons (Fsp3) is 0.429. The molecule has 0 bridgehead atoms. The maximum Gasteiger partial charge on any atom is 0.247 e. The number of benzene rings is 2. The molecule has 0 unspecified atom stereocenters. The minimum atomic E-state index is -1.05. The maximum atomic E-state index is 13.7. The molecule has 4 atom stereocenters. The Hall–Kier alpha value is -3.56. The Morgan fingerprint density at radius 1 is 1.05 bits per heavy atom. The summed E-state index contributed by atoms with van der Waals surface area (Å²) in [5.74, 6) is 0.903. The molecule has 6 rings (SSSR count). The number of aliphatic hydroxyl groups excluding tert-OH is 2. The number of rotatable bonds is 7. The SMILES string of the molecule is O=C(NCCO)C1=C[C@@H](N(Cc2ccc3c(c2)OCO3)C(=O)C2CCC2)[C@H](O)[C@H]2Oc3ccccc3[C@@H]12. The molecule has 2 aliphatic heterocycles. The highest BCUT2D eigenvalue weighted by molar-refractivity contribution is 5.96. The Kier molecular flexibility index (Phi) is 6.26. The fourth-order valence-electron chi connectivity index (χ4n) is 5.65. The van der Waals surface area contributed by atoms with Gasteiger partial charge in [0.2, 0.25) is 18.6 Å². The van der Waals surface area contributed by atoms with Crippen molar-refractivity contribution in [3.05, 3.63) is 65.2 Å². The average Bonchev–Trinajstić information content (AvgIpc) is 3.50. The average molecular weight is 507 g/mol. The van der Waals surface area contributed by atoms with Crippen LogP contribution in [0, 0.1) is 5.92 Å². The fourth-order valence-corrected chi connectivity index (χ4v) is 5.65. The second-order valence-electron chi connectivity index (χ2n) is 9.96. The van der Waals surface area contributed by atoms with Crippen LogP contribution in [0.2, 0.25) is 0 Å². The van der Waals surface area contributed by atoms with Crippen molar-refractivity contribution in [1.29, 1.82) is 0 Å². The molecule has 1 fully saturated rings. The number of hydrogen-bond donors (Lipinski definition) is 3. The first kappa shape index (κ1) is 23.8. The van der Waals surface area contributed by atoms with Crippen LogP contribution >= 0.6 is 0 Å². The minimum absolute atomic E-state index is 0.0479. The molecule has 0 spiro atoms. The summed E-state index contributed by atoms with van der Waals surface area (Å²) in [6.07, 6.45) is 2.55. The van der Waals surface area contributed by atoms with Crippen molar-refractivity contribution in [2.75, 3.05) is 19.9 Å². The number of nitrogens with zero attached hydrogens (tertiary/aromatic N) is 1. The Bertz CT molecular complexity index is 1240. The number of nitrogens with one attached hydrogen (secondary N) is 1. The van der Waals surface area contributed by atoms with Crippen LogP contribution in [0.15, 0.2) is 54.1 Å². The van der Waals surface area contributed by atoms with Crippen LogP contribution in [0.3, 0.4) is 0 Å². The van der Waals surface area contributed by atoms with Gasteiger partial charge >= 0.3 is 0 Å². The molecule has 3 N–H and O–H groups in total. The van der Waals surface area contributed by atoms with Gasteiger partial charge in [-0.1, -0.05) is 30.7 Å². The Balaban J connectivity index is 1.38. The summed E-state index contributed by atoms with van der Waals surface area (Å²) in [7, 11) is 0. The van der Waals surface area contributed by atoms with Gasteiger partial charge in [-0.2, -0.15) is 0 Å². The summed E-state index contributed by atoms with van der Waals surface area (Å²) in [5, 5.41) is 23.6. The molecule has 9 heteroatoms. The predicted molar refractivity (Wildman–Crippen MR) is 132 cm³/mol. The number of fused-ring (bicyclic) bond motifs is 4. The van der Waals surface area contributed by atoms with E-state index in [1.807, 2.05) is 42.5 Å². The zero-order chi connectivity index (χ0) is 25.5. The highest BCUT2D eigenvalue weighted by Crippen LogP contribution is 2.47. The van der Waals surface area contributed by atoms with Gasteiger partial charge in [-0.05, 0) is 42.7 Å². The lowest BCUT2D eigenvalue weighted by atomic mass is 9.76.